The van der Waals surface area contributed by atoms with Gasteiger partial charge in [-0.2, -0.15) is 12.6 Å². The molecule has 74 heavy (non-hydrogen) atoms. The van der Waals surface area contributed by atoms with Crippen molar-refractivity contribution in [2.75, 3.05) is 52.4 Å². The first kappa shape index (κ1) is 76.5. The lowest BCUT2D eigenvalue weighted by Gasteiger charge is -2.26. The van der Waals surface area contributed by atoms with Crippen LogP contribution in [0.4, 0.5) is 0 Å². The van der Waals surface area contributed by atoms with Crippen LogP contribution in [0, 0.1) is 5.92 Å². The Kier molecular flexibility index (Phi) is 57.1. The predicted molar refractivity (Wildman–Crippen MR) is 311 cm³/mol. The third kappa shape index (κ3) is 50.2. The summed E-state index contributed by atoms with van der Waals surface area (Å²) in [6.07, 6.45) is 19.0. The molecule has 0 rings (SSSR count). The first-order chi connectivity index (χ1) is 35.4. The summed E-state index contributed by atoms with van der Waals surface area (Å²) in [6, 6.07) is -4.03. The molecule has 20 heteroatoms. The molecule has 0 fully saturated rings. The minimum atomic E-state index is -1.31. The molecule has 0 saturated heterocycles. The van der Waals surface area contributed by atoms with Crippen LogP contribution in [0.3, 0.4) is 0 Å². The van der Waals surface area contributed by atoms with Crippen LogP contribution < -0.4 is 60.2 Å². The molecule has 0 saturated carbocycles. The van der Waals surface area contributed by atoms with E-state index in [2.05, 4.69) is 68.3 Å². The molecule has 16 N–H and O–H groups in total. The Morgan fingerprint density at radius 2 is 1.09 bits per heavy atom. The summed E-state index contributed by atoms with van der Waals surface area (Å²) in [5, 5.41) is 30.2. The van der Waals surface area contributed by atoms with E-state index in [9.17, 15) is 33.9 Å². The predicted octanol–water partition coefficient (Wildman–Crippen LogP) is 5.12. The molecule has 5 atom stereocenters. The first-order valence-corrected chi connectivity index (χ1v) is 28.8. The van der Waals surface area contributed by atoms with E-state index in [1.165, 1.54) is 51.4 Å². The number of nitrogens with one attached hydrogen (secondary N) is 7. The number of ketones is 1. The van der Waals surface area contributed by atoms with Crippen molar-refractivity contribution in [2.24, 2.45) is 33.8 Å². The second-order valence-corrected chi connectivity index (χ2v) is 19.6. The van der Waals surface area contributed by atoms with Gasteiger partial charge in [0.05, 0.1) is 25.7 Å². The highest BCUT2D eigenvalue weighted by atomic mass is 32.1. The number of hydrogen-bond donors (Lipinski definition) is 13. The number of thiol groups is 1. The van der Waals surface area contributed by atoms with Gasteiger partial charge in [0, 0.05) is 38.2 Å². The second kappa shape index (κ2) is 55.3. The lowest BCUT2D eigenvalue weighted by Crippen LogP contribution is -2.58. The van der Waals surface area contributed by atoms with Gasteiger partial charge in [-0.25, -0.2) is 0 Å². The minimum Gasteiger partial charge on any atom is -0.402 e. The molecule has 0 spiro atoms. The normalized spacial score (nSPS) is 12.6. The number of aliphatic hydroxyl groups is 1. The van der Waals surface area contributed by atoms with Gasteiger partial charge >= 0.3 is 0 Å². The number of Topliss-reactive ketones (excluding diaryl/α,β-unsaturated/α-hetero) is 1. The Labute approximate surface area is 454 Å². The first-order valence-electron chi connectivity index (χ1n) is 28.3. The van der Waals surface area contributed by atoms with E-state index in [1.807, 2.05) is 55.4 Å². The fourth-order valence-corrected chi connectivity index (χ4v) is 7.37. The molecule has 0 aliphatic heterocycles. The molecule has 0 aromatic carbocycles. The number of hydrogen-bond acceptors (Lipinski definition) is 13. The van der Waals surface area contributed by atoms with Crippen LogP contribution in [0.2, 0.25) is 0 Å². The summed E-state index contributed by atoms with van der Waals surface area (Å²) in [5.41, 5.74) is 21.8. The summed E-state index contributed by atoms with van der Waals surface area (Å²) >= 11 is 4.44. The van der Waals surface area contributed by atoms with Crippen LogP contribution in [-0.4, -0.2) is 128 Å². The molecule has 0 radical (unpaired) electrons. The highest BCUT2D eigenvalue weighted by Gasteiger charge is 2.30. The fraction of sp³-hybridized carbons (Fsp3) is 0.833. The smallest absolute Gasteiger partial charge is 0.245 e. The topological polar surface area (TPSA) is 323 Å². The second-order valence-electron chi connectivity index (χ2n) is 18.7. The lowest BCUT2D eigenvalue weighted by atomic mass is 10.0. The number of nitrogens with two attached hydrogens (primary N) is 4. The molecule has 0 heterocycles. The van der Waals surface area contributed by atoms with E-state index in [4.69, 9.17) is 22.9 Å². The molecule has 0 aliphatic carbocycles. The number of guanidine groups is 1. The molecule has 0 bridgehead atoms. The van der Waals surface area contributed by atoms with E-state index in [-0.39, 0.29) is 62.0 Å². The molecular formula is C54H112N12O7S. The SMILES string of the molecule is C=C(N)C[C@@H](NCC(=O)CCCCCCCCCCCCC(C)S)C(=O)NCCCCC(NC(=O)C(CO)NC(=O)CNCCC)C(=O)N[C@@H](CC(C)C)C(=O)NCCCCCN.CC.CC.CCCN=C(N)N. The minimum absolute atomic E-state index is 0.0316. The van der Waals surface area contributed by atoms with Crippen LogP contribution in [0.25, 0.3) is 0 Å². The van der Waals surface area contributed by atoms with E-state index >= 15 is 0 Å². The van der Waals surface area contributed by atoms with Gasteiger partial charge in [0.15, 0.2) is 5.96 Å². The summed E-state index contributed by atoms with van der Waals surface area (Å²) in [6.45, 7) is 23.6. The Morgan fingerprint density at radius 3 is 1.58 bits per heavy atom. The molecule has 0 aromatic rings. The maximum absolute atomic E-state index is 13.8. The zero-order valence-electron chi connectivity index (χ0n) is 48.0. The summed E-state index contributed by atoms with van der Waals surface area (Å²) < 4.78 is 0. The number of carbonyl (C=O) groups is 6. The van der Waals surface area contributed by atoms with Gasteiger partial charge in [-0.15, -0.1) is 0 Å². The van der Waals surface area contributed by atoms with E-state index in [0.717, 1.165) is 57.9 Å². The van der Waals surface area contributed by atoms with E-state index < -0.39 is 48.5 Å². The average Bonchev–Trinajstić information content (AvgIpc) is 3.36. The number of aliphatic hydroxyl groups excluding tert-OH is 1. The van der Waals surface area contributed by atoms with Crippen molar-refractivity contribution in [2.45, 2.75) is 233 Å². The molecule has 5 amide bonds. The highest BCUT2D eigenvalue weighted by Crippen LogP contribution is 2.14. The monoisotopic (exact) mass is 1070 g/mol. The Bertz CT molecular complexity index is 1450. The number of aliphatic imine (C=N–C) groups is 1. The maximum Gasteiger partial charge on any atom is 0.245 e. The number of amides is 5. The van der Waals surface area contributed by atoms with Gasteiger partial charge in [0.1, 0.15) is 23.9 Å². The Hall–Kier alpha value is -3.98. The molecule has 436 valence electrons. The number of carbonyl (C=O) groups excluding carboxylic acids is 6. The van der Waals surface area contributed by atoms with Gasteiger partial charge in [-0.3, -0.25) is 39.1 Å². The molecule has 0 aromatic heterocycles. The quantitative estimate of drug-likeness (QED) is 0.0163. The summed E-state index contributed by atoms with van der Waals surface area (Å²) in [4.78, 5) is 82.3. The largest absolute Gasteiger partial charge is 0.402 e. The van der Waals surface area contributed by atoms with Crippen LogP contribution >= 0.6 is 12.6 Å². The standard InChI is InChI=1S/C46H89N9O7S.C4H11N3.2C2H6/c1-6-26-49-32-42(58)53-41(33-56)46(62)54-38(45(61)55-40(29-34(2)3)44(60)51-27-20-15-19-25-47)24-18-21-28-50-43(59)39(30-35(4)48)52-31-37(57)23-17-14-12-10-8-7-9-11-13-16-22-36(5)63;1-2-3-7-4(5)6;2*1-2/h34,36,38-41,49,52,56,63H,4,6-33,47-48H2,1-3,5H3,(H,50,59)(H,51,60)(H,53,58)(H,54,62)(H,55,61);2-3H2,1H3,(H4,5,6,7);2*1-2H3/t36?,38?,39-,40+,41?;;;/m1.../s1. The molecule has 3 unspecified atom stereocenters. The van der Waals surface area contributed by atoms with Crippen molar-refractivity contribution < 1.29 is 33.9 Å². The zero-order valence-corrected chi connectivity index (χ0v) is 48.9. The van der Waals surface area contributed by atoms with Gasteiger partial charge < -0.3 is 59.9 Å². The fourth-order valence-electron chi connectivity index (χ4n) is 7.19. The third-order valence-corrected chi connectivity index (χ3v) is 11.4. The Morgan fingerprint density at radius 1 is 0.595 bits per heavy atom. The lowest BCUT2D eigenvalue weighted by molar-refractivity contribution is -0.134. The van der Waals surface area contributed by atoms with Crippen molar-refractivity contribution in [3.8, 4) is 0 Å². The Balaban J connectivity index is -0.00000201. The van der Waals surface area contributed by atoms with Gasteiger partial charge in [-0.1, -0.05) is 133 Å². The number of nitrogens with zero attached hydrogens (tertiary/aromatic N) is 1. The van der Waals surface area contributed by atoms with Crippen molar-refractivity contribution in [1.82, 2.24) is 37.2 Å². The van der Waals surface area contributed by atoms with Crippen molar-refractivity contribution in [3.05, 3.63) is 12.3 Å². The zero-order chi connectivity index (χ0) is 57.0. The maximum atomic E-state index is 13.8. The van der Waals surface area contributed by atoms with Crippen molar-refractivity contribution in [1.29, 1.82) is 0 Å². The summed E-state index contributed by atoms with van der Waals surface area (Å²) in [5.74, 6) is -2.22. The van der Waals surface area contributed by atoms with Gasteiger partial charge in [-0.05, 0) is 88.5 Å². The number of unbranched alkanes of at least 4 members (excludes halogenated alkanes) is 12. The van der Waals surface area contributed by atoms with Gasteiger partial charge in [0.25, 0.3) is 0 Å². The average molecular weight is 1070 g/mol. The molecular weight excluding hydrogens is 961 g/mol. The van der Waals surface area contributed by atoms with Gasteiger partial charge in [0.2, 0.25) is 29.5 Å². The molecule has 0 aliphatic rings. The third-order valence-electron chi connectivity index (χ3n) is 11.1. The van der Waals surface area contributed by atoms with Crippen LogP contribution in [0.15, 0.2) is 17.3 Å². The van der Waals surface area contributed by atoms with E-state index in [1.54, 1.807) is 0 Å². The highest BCUT2D eigenvalue weighted by molar-refractivity contribution is 7.80. The van der Waals surface area contributed by atoms with E-state index in [0.29, 0.717) is 56.3 Å². The van der Waals surface area contributed by atoms with Crippen LogP contribution in [-0.2, 0) is 28.8 Å². The molecule has 19 nitrogen and oxygen atoms in total. The van der Waals surface area contributed by atoms with Crippen molar-refractivity contribution >= 4 is 53.9 Å². The number of rotatable bonds is 44. The van der Waals surface area contributed by atoms with Crippen LogP contribution in [0.5, 0.6) is 0 Å². The summed E-state index contributed by atoms with van der Waals surface area (Å²) in [7, 11) is 0. The van der Waals surface area contributed by atoms with Crippen molar-refractivity contribution in [3.63, 3.8) is 0 Å². The van der Waals surface area contributed by atoms with Crippen LogP contribution in [0.1, 0.15) is 204 Å².